The zero-order valence-corrected chi connectivity index (χ0v) is 7.27. The molecule has 0 aromatic heterocycles. The van der Waals surface area contributed by atoms with Crippen LogP contribution in [-0.4, -0.2) is 19.0 Å². The van der Waals surface area contributed by atoms with Gasteiger partial charge in [-0.15, -0.1) is 0 Å². The molecule has 2 aliphatic rings. The second-order valence-corrected chi connectivity index (χ2v) is 3.31. The molecule has 0 unspecified atom stereocenters. The molecule has 0 atom stereocenters. The van der Waals surface area contributed by atoms with E-state index >= 15 is 0 Å². The summed E-state index contributed by atoms with van der Waals surface area (Å²) in [5.41, 5.74) is 0. The SMILES string of the molecule is C1#CC2(CCCCC1)OCCO2. The Morgan fingerprint density at radius 2 is 1.83 bits per heavy atom. The summed E-state index contributed by atoms with van der Waals surface area (Å²) in [5, 5.41) is 0. The molecule has 0 N–H and O–H groups in total. The van der Waals surface area contributed by atoms with Crippen LogP contribution in [0.15, 0.2) is 0 Å². The van der Waals surface area contributed by atoms with Gasteiger partial charge in [0.05, 0.1) is 13.2 Å². The van der Waals surface area contributed by atoms with Crippen LogP contribution in [0.25, 0.3) is 0 Å². The zero-order chi connectivity index (χ0) is 8.28. The molecular formula is C10H14O2. The molecule has 0 saturated carbocycles. The van der Waals surface area contributed by atoms with Gasteiger partial charge in [-0.2, -0.15) is 0 Å². The molecule has 1 heterocycles. The molecule has 0 aromatic carbocycles. The van der Waals surface area contributed by atoms with Crippen molar-refractivity contribution in [1.82, 2.24) is 0 Å². The maximum Gasteiger partial charge on any atom is 0.233 e. The van der Waals surface area contributed by atoms with Crippen LogP contribution in [0.4, 0.5) is 0 Å². The van der Waals surface area contributed by atoms with Crippen molar-refractivity contribution in [3.63, 3.8) is 0 Å². The Labute approximate surface area is 73.2 Å². The quantitative estimate of drug-likeness (QED) is 0.510. The second kappa shape index (κ2) is 3.47. The Morgan fingerprint density at radius 3 is 2.67 bits per heavy atom. The van der Waals surface area contributed by atoms with Crippen LogP contribution in [-0.2, 0) is 9.47 Å². The van der Waals surface area contributed by atoms with Gasteiger partial charge in [-0.1, -0.05) is 12.3 Å². The van der Waals surface area contributed by atoms with Crippen molar-refractivity contribution in [2.45, 2.75) is 37.9 Å². The molecule has 0 bridgehead atoms. The van der Waals surface area contributed by atoms with E-state index in [1.54, 1.807) is 0 Å². The van der Waals surface area contributed by atoms with Gasteiger partial charge in [-0.05, 0) is 18.8 Å². The minimum Gasteiger partial charge on any atom is -0.337 e. The predicted octanol–water partition coefficient (Wildman–Crippen LogP) is 1.70. The van der Waals surface area contributed by atoms with E-state index in [0.717, 1.165) is 12.8 Å². The normalized spacial score (nSPS) is 27.3. The highest BCUT2D eigenvalue weighted by Crippen LogP contribution is 2.26. The fourth-order valence-electron chi connectivity index (χ4n) is 1.68. The number of rotatable bonds is 0. The van der Waals surface area contributed by atoms with Crippen LogP contribution in [0.3, 0.4) is 0 Å². The summed E-state index contributed by atoms with van der Waals surface area (Å²) in [6.45, 7) is 1.41. The molecule has 2 rings (SSSR count). The first-order valence-electron chi connectivity index (χ1n) is 4.69. The van der Waals surface area contributed by atoms with Crippen LogP contribution in [0.1, 0.15) is 32.1 Å². The minimum absolute atomic E-state index is 0.513. The van der Waals surface area contributed by atoms with E-state index in [1.807, 2.05) is 0 Å². The zero-order valence-electron chi connectivity index (χ0n) is 7.27. The van der Waals surface area contributed by atoms with E-state index in [2.05, 4.69) is 11.8 Å². The number of ether oxygens (including phenoxy) is 2. The maximum absolute atomic E-state index is 5.52. The Hall–Kier alpha value is -0.520. The molecule has 1 aliphatic heterocycles. The molecule has 66 valence electrons. The topological polar surface area (TPSA) is 18.5 Å². The third-order valence-electron chi connectivity index (χ3n) is 2.34. The minimum atomic E-state index is -0.513. The van der Waals surface area contributed by atoms with Gasteiger partial charge in [-0.25, -0.2) is 0 Å². The predicted molar refractivity (Wildman–Crippen MR) is 45.5 cm³/mol. The first-order chi connectivity index (χ1) is 5.91. The van der Waals surface area contributed by atoms with E-state index in [-0.39, 0.29) is 0 Å². The summed E-state index contributed by atoms with van der Waals surface area (Å²) in [6.07, 6.45) is 5.59. The Bertz CT molecular complexity index is 206. The van der Waals surface area contributed by atoms with Crippen LogP contribution >= 0.6 is 0 Å². The molecule has 1 aliphatic carbocycles. The lowest BCUT2D eigenvalue weighted by Crippen LogP contribution is -2.28. The van der Waals surface area contributed by atoms with Crippen molar-refractivity contribution in [2.75, 3.05) is 13.2 Å². The molecule has 0 radical (unpaired) electrons. The van der Waals surface area contributed by atoms with Gasteiger partial charge >= 0.3 is 0 Å². The molecule has 0 aromatic rings. The smallest absolute Gasteiger partial charge is 0.233 e. The largest absolute Gasteiger partial charge is 0.337 e. The van der Waals surface area contributed by atoms with Crippen molar-refractivity contribution in [3.8, 4) is 11.8 Å². The summed E-state index contributed by atoms with van der Waals surface area (Å²) >= 11 is 0. The van der Waals surface area contributed by atoms with Crippen molar-refractivity contribution in [2.24, 2.45) is 0 Å². The summed E-state index contributed by atoms with van der Waals surface area (Å²) < 4.78 is 11.0. The Kier molecular flexibility index (Phi) is 2.34. The highest BCUT2D eigenvalue weighted by Gasteiger charge is 2.34. The second-order valence-electron chi connectivity index (χ2n) is 3.31. The first-order valence-corrected chi connectivity index (χ1v) is 4.69. The third-order valence-corrected chi connectivity index (χ3v) is 2.34. The van der Waals surface area contributed by atoms with Gasteiger partial charge in [-0.3, -0.25) is 0 Å². The summed E-state index contributed by atoms with van der Waals surface area (Å²) in [5.74, 6) is 5.71. The van der Waals surface area contributed by atoms with E-state index < -0.39 is 5.79 Å². The molecule has 0 amide bonds. The van der Waals surface area contributed by atoms with Gasteiger partial charge in [0, 0.05) is 12.8 Å². The van der Waals surface area contributed by atoms with Crippen molar-refractivity contribution >= 4 is 0 Å². The average molecular weight is 166 g/mol. The van der Waals surface area contributed by atoms with Crippen molar-refractivity contribution in [3.05, 3.63) is 0 Å². The Morgan fingerprint density at radius 1 is 1.00 bits per heavy atom. The van der Waals surface area contributed by atoms with Gasteiger partial charge in [0.25, 0.3) is 0 Å². The van der Waals surface area contributed by atoms with Crippen LogP contribution < -0.4 is 0 Å². The molecule has 1 saturated heterocycles. The van der Waals surface area contributed by atoms with Gasteiger partial charge in [0.2, 0.25) is 5.79 Å². The fourth-order valence-corrected chi connectivity index (χ4v) is 1.68. The standard InChI is InChI=1S/C10H14O2/c1-2-4-6-10(7-5-3-1)11-8-9-12-10/h1-4,6,8-9H2. The number of hydrogen-bond acceptors (Lipinski definition) is 2. The lowest BCUT2D eigenvalue weighted by Gasteiger charge is -2.21. The van der Waals surface area contributed by atoms with Gasteiger partial charge in [0.1, 0.15) is 0 Å². The van der Waals surface area contributed by atoms with E-state index in [4.69, 9.17) is 9.47 Å². The van der Waals surface area contributed by atoms with Crippen molar-refractivity contribution < 1.29 is 9.47 Å². The third kappa shape index (κ3) is 1.63. The highest BCUT2D eigenvalue weighted by molar-refractivity contribution is 5.12. The first kappa shape index (κ1) is 8.10. The van der Waals surface area contributed by atoms with Crippen LogP contribution in [0, 0.1) is 11.8 Å². The molecule has 1 fully saturated rings. The average Bonchev–Trinajstić information content (AvgIpc) is 2.47. The van der Waals surface area contributed by atoms with E-state index in [1.165, 1.54) is 19.3 Å². The number of hydrogen-bond donors (Lipinski definition) is 0. The van der Waals surface area contributed by atoms with Crippen molar-refractivity contribution in [1.29, 1.82) is 0 Å². The molecule has 2 heteroatoms. The summed E-state index contributed by atoms with van der Waals surface area (Å²) in [7, 11) is 0. The van der Waals surface area contributed by atoms with E-state index in [9.17, 15) is 0 Å². The lowest BCUT2D eigenvalue weighted by molar-refractivity contribution is -0.114. The Balaban J connectivity index is 2.09. The highest BCUT2D eigenvalue weighted by atomic mass is 16.7. The molecule has 12 heavy (non-hydrogen) atoms. The maximum atomic E-state index is 5.52. The van der Waals surface area contributed by atoms with Gasteiger partial charge < -0.3 is 9.47 Å². The van der Waals surface area contributed by atoms with Crippen LogP contribution in [0.2, 0.25) is 0 Å². The molecular weight excluding hydrogens is 152 g/mol. The van der Waals surface area contributed by atoms with Gasteiger partial charge in [0.15, 0.2) is 0 Å². The van der Waals surface area contributed by atoms with E-state index in [0.29, 0.717) is 13.2 Å². The molecule has 2 nitrogen and oxygen atoms in total. The summed E-state index contributed by atoms with van der Waals surface area (Å²) in [4.78, 5) is 0. The summed E-state index contributed by atoms with van der Waals surface area (Å²) in [6, 6.07) is 0. The lowest BCUT2D eigenvalue weighted by atomic mass is 10.0. The monoisotopic (exact) mass is 166 g/mol. The fraction of sp³-hybridized carbons (Fsp3) is 0.800. The molecule has 1 spiro atoms. The van der Waals surface area contributed by atoms with Crippen LogP contribution in [0.5, 0.6) is 0 Å².